The molecule has 2 N–H and O–H groups in total. The van der Waals surface area contributed by atoms with E-state index in [9.17, 15) is 27.3 Å². The highest BCUT2D eigenvalue weighted by Gasteiger charge is 2.28. The van der Waals surface area contributed by atoms with Gasteiger partial charge in [-0.25, -0.2) is 27.3 Å². The number of pyridine rings is 1. The number of sulfonamides is 1. The Kier molecular flexibility index (Phi) is 3.38. The summed E-state index contributed by atoms with van der Waals surface area (Å²) >= 11 is 0. The van der Waals surface area contributed by atoms with E-state index in [0.717, 1.165) is 6.92 Å². The number of rotatable bonds is 3. The van der Waals surface area contributed by atoms with Gasteiger partial charge >= 0.3 is 0 Å². The minimum Gasteiger partial charge on any atom is -0.258 e. The van der Waals surface area contributed by atoms with Crippen molar-refractivity contribution in [3.63, 3.8) is 0 Å². The van der Waals surface area contributed by atoms with E-state index in [-0.39, 0.29) is 0 Å². The third-order valence-corrected chi connectivity index (χ3v) is 2.70. The Morgan fingerprint density at radius 2 is 2.06 bits per heavy atom. The van der Waals surface area contributed by atoms with Crippen molar-refractivity contribution in [2.24, 2.45) is 5.14 Å². The van der Waals surface area contributed by atoms with Crippen molar-refractivity contribution in [2.45, 2.75) is 18.4 Å². The van der Waals surface area contributed by atoms with Crippen LogP contribution in [0.3, 0.4) is 0 Å². The van der Waals surface area contributed by atoms with Crippen molar-refractivity contribution in [1.82, 2.24) is 4.98 Å². The van der Waals surface area contributed by atoms with Crippen LogP contribution in [-0.4, -0.2) is 18.3 Å². The number of hydrogen-bond acceptors (Lipinski definition) is 5. The van der Waals surface area contributed by atoms with E-state index in [1.165, 1.54) is 0 Å². The maximum atomic E-state index is 12.6. The highest BCUT2D eigenvalue weighted by molar-refractivity contribution is 7.89. The molecule has 1 aromatic rings. The fourth-order valence-electron chi connectivity index (χ4n) is 1.20. The van der Waals surface area contributed by atoms with Crippen molar-refractivity contribution in [2.75, 3.05) is 0 Å². The summed E-state index contributed by atoms with van der Waals surface area (Å²) in [6.07, 6.45) is -3.13. The summed E-state index contributed by atoms with van der Waals surface area (Å²) in [6, 6.07) is 0.420. The molecule has 0 aliphatic rings. The van der Waals surface area contributed by atoms with Crippen LogP contribution in [-0.2, 0) is 10.0 Å². The minimum atomic E-state index is -4.28. The van der Waals surface area contributed by atoms with Crippen LogP contribution < -0.4 is 5.14 Å². The van der Waals surface area contributed by atoms with Crippen molar-refractivity contribution >= 4 is 15.7 Å². The van der Waals surface area contributed by atoms with Crippen molar-refractivity contribution in [3.8, 4) is 0 Å². The Bertz CT molecular complexity index is 573. The number of aromatic nitrogens is 1. The molecule has 1 rings (SSSR count). The first-order chi connectivity index (χ1) is 7.64. The van der Waals surface area contributed by atoms with E-state index in [4.69, 9.17) is 5.14 Å². The lowest BCUT2D eigenvalue weighted by atomic mass is 10.2. The van der Waals surface area contributed by atoms with Crippen LogP contribution in [0.1, 0.15) is 17.7 Å². The zero-order chi connectivity index (χ0) is 13.4. The van der Waals surface area contributed by atoms with Crippen molar-refractivity contribution in [1.29, 1.82) is 0 Å². The van der Waals surface area contributed by atoms with Gasteiger partial charge < -0.3 is 0 Å². The Morgan fingerprint density at radius 1 is 1.53 bits per heavy atom. The fraction of sp³-hybridized carbons (Fsp3) is 0.286. The molecule has 0 aliphatic heterocycles. The number of halogens is 2. The molecule has 0 atom stereocenters. The molecule has 94 valence electrons. The van der Waals surface area contributed by atoms with E-state index >= 15 is 0 Å². The van der Waals surface area contributed by atoms with Gasteiger partial charge in [0, 0.05) is 0 Å². The maximum Gasteiger partial charge on any atom is 0.283 e. The number of aryl methyl sites for hydroxylation is 1. The Balaban J connectivity index is 3.64. The third-order valence-electron chi connectivity index (χ3n) is 1.91. The van der Waals surface area contributed by atoms with Gasteiger partial charge in [-0.05, 0) is 6.92 Å². The number of primary sulfonamides is 1. The highest BCUT2D eigenvalue weighted by atomic mass is 32.2. The van der Waals surface area contributed by atoms with Crippen molar-refractivity contribution in [3.05, 3.63) is 27.4 Å². The van der Waals surface area contributed by atoms with E-state index in [0.29, 0.717) is 6.07 Å². The molecule has 1 heterocycles. The van der Waals surface area contributed by atoms with Gasteiger partial charge in [-0.2, -0.15) is 0 Å². The van der Waals surface area contributed by atoms with Crippen LogP contribution >= 0.6 is 0 Å². The van der Waals surface area contributed by atoms with Gasteiger partial charge in [0.05, 0.1) is 16.7 Å². The van der Waals surface area contributed by atoms with Gasteiger partial charge in [-0.15, -0.1) is 0 Å². The molecule has 0 saturated carbocycles. The van der Waals surface area contributed by atoms with Crippen LogP contribution in [0.15, 0.2) is 11.1 Å². The van der Waals surface area contributed by atoms with Crippen LogP contribution in [0.5, 0.6) is 0 Å². The summed E-state index contributed by atoms with van der Waals surface area (Å²) in [5, 5.41) is 14.5. The molecule has 0 fully saturated rings. The normalized spacial score (nSPS) is 11.8. The largest absolute Gasteiger partial charge is 0.283 e. The first kappa shape index (κ1) is 13.4. The van der Waals surface area contributed by atoms with Gasteiger partial charge in [0.1, 0.15) is 5.56 Å². The molecule has 0 aromatic carbocycles. The minimum absolute atomic E-state index is 0.420. The predicted octanol–water partition coefficient (Wildman–Crippen LogP) is 0.883. The van der Waals surface area contributed by atoms with Crippen LogP contribution in [0.25, 0.3) is 0 Å². The molecule has 0 spiro atoms. The van der Waals surface area contributed by atoms with Gasteiger partial charge in [-0.3, -0.25) is 10.1 Å². The topological polar surface area (TPSA) is 116 Å². The molecule has 1 aromatic heterocycles. The third kappa shape index (κ3) is 2.71. The summed E-state index contributed by atoms with van der Waals surface area (Å²) in [5.74, 6) is 0. The van der Waals surface area contributed by atoms with Gasteiger partial charge in [0.25, 0.3) is 22.1 Å². The lowest BCUT2D eigenvalue weighted by Gasteiger charge is -2.06. The quantitative estimate of drug-likeness (QED) is 0.644. The second-order valence-corrected chi connectivity index (χ2v) is 4.59. The van der Waals surface area contributed by atoms with E-state index in [1.807, 2.05) is 0 Å². The van der Waals surface area contributed by atoms with Gasteiger partial charge in [0.15, 0.2) is 5.03 Å². The fourth-order valence-corrected chi connectivity index (χ4v) is 1.74. The molecular formula is C7H7F2N3O4S. The molecular weight excluding hydrogens is 260 g/mol. The monoisotopic (exact) mass is 267 g/mol. The summed E-state index contributed by atoms with van der Waals surface area (Å²) in [5.41, 5.74) is -2.38. The zero-order valence-corrected chi connectivity index (χ0v) is 9.24. The van der Waals surface area contributed by atoms with Crippen LogP contribution in [0, 0.1) is 17.0 Å². The number of nitro groups is 1. The molecule has 0 radical (unpaired) electrons. The lowest BCUT2D eigenvalue weighted by molar-refractivity contribution is -0.386. The molecule has 0 bridgehead atoms. The summed E-state index contributed by atoms with van der Waals surface area (Å²) in [4.78, 5) is 12.8. The molecule has 17 heavy (non-hydrogen) atoms. The molecule has 10 heteroatoms. The number of alkyl halides is 2. The van der Waals surface area contributed by atoms with Gasteiger partial charge in [-0.1, -0.05) is 0 Å². The highest BCUT2D eigenvalue weighted by Crippen LogP contribution is 2.32. The van der Waals surface area contributed by atoms with E-state index in [1.54, 1.807) is 0 Å². The predicted molar refractivity (Wildman–Crippen MR) is 52.0 cm³/mol. The second-order valence-electron chi connectivity index (χ2n) is 3.08. The summed E-state index contributed by atoms with van der Waals surface area (Å²) < 4.78 is 47.0. The first-order valence-corrected chi connectivity index (χ1v) is 5.66. The van der Waals surface area contributed by atoms with E-state index < -0.39 is 43.3 Å². The number of nitrogens with two attached hydrogens (primary N) is 1. The summed E-state index contributed by atoms with van der Waals surface area (Å²) in [7, 11) is -4.28. The Morgan fingerprint density at radius 3 is 2.41 bits per heavy atom. The van der Waals surface area contributed by atoms with E-state index in [2.05, 4.69) is 4.98 Å². The van der Waals surface area contributed by atoms with Crippen molar-refractivity contribution < 1.29 is 22.1 Å². The summed E-state index contributed by atoms with van der Waals surface area (Å²) in [6.45, 7) is 1.04. The van der Waals surface area contributed by atoms with Crippen LogP contribution in [0.2, 0.25) is 0 Å². The molecule has 7 nitrogen and oxygen atoms in total. The zero-order valence-electron chi connectivity index (χ0n) is 8.42. The Labute approximate surface area is 94.5 Å². The molecule has 0 amide bonds. The smallest absolute Gasteiger partial charge is 0.258 e. The molecule has 0 unspecified atom stereocenters. The number of nitrogens with zero attached hydrogens (tertiary/aromatic N) is 2. The molecule has 0 aliphatic carbocycles. The molecule has 0 saturated heterocycles. The average Bonchev–Trinajstić information content (AvgIpc) is 2.13. The maximum absolute atomic E-state index is 12.6. The van der Waals surface area contributed by atoms with Crippen LogP contribution in [0.4, 0.5) is 14.5 Å². The average molecular weight is 267 g/mol. The van der Waals surface area contributed by atoms with Gasteiger partial charge in [0.2, 0.25) is 0 Å². The lowest BCUT2D eigenvalue weighted by Crippen LogP contribution is -2.16. The standard InChI is InChI=1S/C7H7F2N3O4S/c1-3-6(7(8)9)4(12(13)14)2-5(11-3)17(10,15)16/h2,7H,1H3,(H2,10,15,16). The first-order valence-electron chi connectivity index (χ1n) is 4.11. The second kappa shape index (κ2) is 4.30. The Hall–Kier alpha value is -1.68. The SMILES string of the molecule is Cc1nc(S(N)(=O)=O)cc([N+](=O)[O-])c1C(F)F. The number of hydrogen-bond donors (Lipinski definition) is 1.